The van der Waals surface area contributed by atoms with Crippen molar-refractivity contribution in [3.8, 4) is 0 Å². The van der Waals surface area contributed by atoms with Gasteiger partial charge in [0.2, 0.25) is 0 Å². The maximum atomic E-state index is 5.68. The fraction of sp³-hybridized carbons (Fsp3) is 0.625. The molecular weight excluding hydrogens is 236 g/mol. The Labute approximate surface area is 116 Å². The summed E-state index contributed by atoms with van der Waals surface area (Å²) in [7, 11) is 1.81. The molecule has 3 heteroatoms. The first-order chi connectivity index (χ1) is 9.04. The molecular formula is C16H26N2O. The van der Waals surface area contributed by atoms with E-state index in [0.717, 1.165) is 31.5 Å². The summed E-state index contributed by atoms with van der Waals surface area (Å²) >= 11 is 0. The van der Waals surface area contributed by atoms with Crippen LogP contribution in [-0.2, 0) is 11.2 Å². The molecule has 0 aliphatic heterocycles. The van der Waals surface area contributed by atoms with E-state index in [0.29, 0.717) is 12.1 Å². The molecule has 0 bridgehead atoms. The average molecular weight is 262 g/mol. The van der Waals surface area contributed by atoms with E-state index in [4.69, 9.17) is 10.5 Å². The number of methoxy groups -OCH3 is 1. The Morgan fingerprint density at radius 1 is 1.32 bits per heavy atom. The second-order valence-electron chi connectivity index (χ2n) is 6.13. The first kappa shape index (κ1) is 14.4. The van der Waals surface area contributed by atoms with Crippen LogP contribution in [0.2, 0.25) is 0 Å². The largest absolute Gasteiger partial charge is 0.399 e. The van der Waals surface area contributed by atoms with Crippen molar-refractivity contribution < 1.29 is 4.74 Å². The molecule has 2 atom stereocenters. The standard InChI is InChI=1S/C16H26N2O/c1-16(2)14(11-15(16)19-3)18-10-4-5-12-6-8-13(17)9-7-12/h6-9,14-15,18H,4-5,10-11,17H2,1-3H3. The first-order valence-corrected chi connectivity index (χ1v) is 7.14. The van der Waals surface area contributed by atoms with Crippen LogP contribution < -0.4 is 11.1 Å². The highest BCUT2D eigenvalue weighted by Crippen LogP contribution is 2.42. The van der Waals surface area contributed by atoms with Gasteiger partial charge in [0.25, 0.3) is 0 Å². The van der Waals surface area contributed by atoms with Gasteiger partial charge >= 0.3 is 0 Å². The smallest absolute Gasteiger partial charge is 0.0652 e. The lowest BCUT2D eigenvalue weighted by molar-refractivity contribution is -0.0972. The molecule has 1 aromatic rings. The Balaban J connectivity index is 1.67. The molecule has 0 spiro atoms. The highest BCUT2D eigenvalue weighted by molar-refractivity contribution is 5.39. The molecule has 2 rings (SSSR count). The first-order valence-electron chi connectivity index (χ1n) is 7.14. The lowest BCUT2D eigenvalue weighted by Gasteiger charge is -2.51. The number of anilines is 1. The monoisotopic (exact) mass is 262 g/mol. The van der Waals surface area contributed by atoms with Crippen LogP contribution in [-0.4, -0.2) is 25.8 Å². The summed E-state index contributed by atoms with van der Waals surface area (Å²) in [6.07, 6.45) is 3.80. The molecule has 2 unspecified atom stereocenters. The maximum Gasteiger partial charge on any atom is 0.0652 e. The van der Waals surface area contributed by atoms with Gasteiger partial charge < -0.3 is 15.8 Å². The van der Waals surface area contributed by atoms with Crippen LogP contribution in [0.3, 0.4) is 0 Å². The van der Waals surface area contributed by atoms with E-state index in [1.54, 1.807) is 0 Å². The van der Waals surface area contributed by atoms with Crippen molar-refractivity contribution in [1.82, 2.24) is 5.32 Å². The molecule has 19 heavy (non-hydrogen) atoms. The quantitative estimate of drug-likeness (QED) is 0.612. The van der Waals surface area contributed by atoms with Crippen LogP contribution in [0.5, 0.6) is 0 Å². The van der Waals surface area contributed by atoms with Gasteiger partial charge in [-0.25, -0.2) is 0 Å². The predicted octanol–water partition coefficient (Wildman–Crippen LogP) is 2.60. The highest BCUT2D eigenvalue weighted by Gasteiger charge is 2.47. The van der Waals surface area contributed by atoms with Crippen molar-refractivity contribution >= 4 is 5.69 Å². The zero-order chi connectivity index (χ0) is 13.9. The van der Waals surface area contributed by atoms with Crippen LogP contribution >= 0.6 is 0 Å². The minimum absolute atomic E-state index is 0.260. The van der Waals surface area contributed by atoms with Gasteiger partial charge in [-0.3, -0.25) is 0 Å². The number of rotatable bonds is 6. The average Bonchev–Trinajstić information content (AvgIpc) is 2.39. The van der Waals surface area contributed by atoms with Gasteiger partial charge in [-0.15, -0.1) is 0 Å². The number of ether oxygens (including phenoxy) is 1. The number of hydrogen-bond donors (Lipinski definition) is 2. The summed E-state index contributed by atoms with van der Waals surface area (Å²) in [4.78, 5) is 0. The Hall–Kier alpha value is -1.06. The van der Waals surface area contributed by atoms with Gasteiger partial charge in [0.1, 0.15) is 0 Å². The molecule has 1 saturated carbocycles. The SMILES string of the molecule is COC1CC(NCCCc2ccc(N)cc2)C1(C)C. The number of hydrogen-bond acceptors (Lipinski definition) is 3. The summed E-state index contributed by atoms with van der Waals surface area (Å²) in [5.74, 6) is 0. The number of nitrogen functional groups attached to an aromatic ring is 1. The van der Waals surface area contributed by atoms with Crippen LogP contribution in [0.15, 0.2) is 24.3 Å². The van der Waals surface area contributed by atoms with Crippen molar-refractivity contribution in [3.05, 3.63) is 29.8 Å². The molecule has 1 aliphatic rings. The van der Waals surface area contributed by atoms with E-state index < -0.39 is 0 Å². The van der Waals surface area contributed by atoms with E-state index in [9.17, 15) is 0 Å². The second kappa shape index (κ2) is 5.93. The predicted molar refractivity (Wildman–Crippen MR) is 80.2 cm³/mol. The third-order valence-corrected chi connectivity index (χ3v) is 4.47. The molecule has 0 aromatic heterocycles. The van der Waals surface area contributed by atoms with Crippen molar-refractivity contribution in [2.75, 3.05) is 19.4 Å². The molecule has 1 aromatic carbocycles. The summed E-state index contributed by atoms with van der Waals surface area (Å²) in [5, 5.41) is 3.65. The molecule has 106 valence electrons. The summed E-state index contributed by atoms with van der Waals surface area (Å²) < 4.78 is 5.47. The lowest BCUT2D eigenvalue weighted by atomic mass is 9.64. The number of nitrogens with two attached hydrogens (primary N) is 1. The molecule has 0 amide bonds. The van der Waals surface area contributed by atoms with Gasteiger partial charge in [-0.1, -0.05) is 26.0 Å². The number of aryl methyl sites for hydroxylation is 1. The minimum Gasteiger partial charge on any atom is -0.399 e. The highest BCUT2D eigenvalue weighted by atomic mass is 16.5. The second-order valence-corrected chi connectivity index (χ2v) is 6.13. The minimum atomic E-state index is 0.260. The summed E-state index contributed by atoms with van der Waals surface area (Å²) in [5.41, 5.74) is 8.14. The summed E-state index contributed by atoms with van der Waals surface area (Å²) in [6, 6.07) is 8.76. The topological polar surface area (TPSA) is 47.3 Å². The van der Waals surface area contributed by atoms with Gasteiger partial charge in [-0.2, -0.15) is 0 Å². The molecule has 3 N–H and O–H groups in total. The Kier molecular flexibility index (Phi) is 4.48. The van der Waals surface area contributed by atoms with Gasteiger partial charge in [-0.05, 0) is 43.5 Å². The Morgan fingerprint density at radius 2 is 2.00 bits per heavy atom. The molecule has 0 radical (unpaired) electrons. The lowest BCUT2D eigenvalue weighted by Crippen LogP contribution is -2.60. The van der Waals surface area contributed by atoms with Crippen LogP contribution in [0.25, 0.3) is 0 Å². The molecule has 3 nitrogen and oxygen atoms in total. The van der Waals surface area contributed by atoms with Crippen LogP contribution in [0, 0.1) is 5.41 Å². The van der Waals surface area contributed by atoms with E-state index in [1.807, 2.05) is 19.2 Å². The zero-order valence-corrected chi connectivity index (χ0v) is 12.3. The Morgan fingerprint density at radius 3 is 2.58 bits per heavy atom. The van der Waals surface area contributed by atoms with Gasteiger partial charge in [0.15, 0.2) is 0 Å². The van der Waals surface area contributed by atoms with Crippen molar-refractivity contribution in [2.45, 2.75) is 45.3 Å². The molecule has 0 saturated heterocycles. The van der Waals surface area contributed by atoms with E-state index in [2.05, 4.69) is 31.3 Å². The van der Waals surface area contributed by atoms with Gasteiger partial charge in [0, 0.05) is 24.3 Å². The molecule has 1 fully saturated rings. The van der Waals surface area contributed by atoms with Crippen LogP contribution in [0.4, 0.5) is 5.69 Å². The number of benzene rings is 1. The maximum absolute atomic E-state index is 5.68. The van der Waals surface area contributed by atoms with Crippen LogP contribution in [0.1, 0.15) is 32.3 Å². The zero-order valence-electron chi connectivity index (χ0n) is 12.3. The van der Waals surface area contributed by atoms with E-state index in [1.165, 1.54) is 5.56 Å². The fourth-order valence-corrected chi connectivity index (χ4v) is 2.88. The van der Waals surface area contributed by atoms with Crippen molar-refractivity contribution in [1.29, 1.82) is 0 Å². The third kappa shape index (κ3) is 3.28. The van der Waals surface area contributed by atoms with E-state index >= 15 is 0 Å². The molecule has 1 aliphatic carbocycles. The summed E-state index contributed by atoms with van der Waals surface area (Å²) in [6.45, 7) is 5.62. The normalized spacial score (nSPS) is 25.0. The van der Waals surface area contributed by atoms with Crippen molar-refractivity contribution in [2.24, 2.45) is 5.41 Å². The Bertz CT molecular complexity index is 400. The fourth-order valence-electron chi connectivity index (χ4n) is 2.88. The van der Waals surface area contributed by atoms with E-state index in [-0.39, 0.29) is 5.41 Å². The third-order valence-electron chi connectivity index (χ3n) is 4.47. The van der Waals surface area contributed by atoms with Gasteiger partial charge in [0.05, 0.1) is 6.10 Å². The van der Waals surface area contributed by atoms with Crippen molar-refractivity contribution in [3.63, 3.8) is 0 Å². The molecule has 0 heterocycles. The number of nitrogens with one attached hydrogen (secondary N) is 1.